The monoisotopic (exact) mass is 283 g/mol. The first-order valence-electron chi connectivity index (χ1n) is 6.51. The number of nitrogens with zero attached hydrogens (tertiary/aromatic N) is 1. The van der Waals surface area contributed by atoms with Gasteiger partial charge in [0.2, 0.25) is 0 Å². The summed E-state index contributed by atoms with van der Waals surface area (Å²) >= 11 is 6.10. The van der Waals surface area contributed by atoms with Crippen LogP contribution in [0, 0.1) is 0 Å². The minimum atomic E-state index is -0.641. The highest BCUT2D eigenvalue weighted by Gasteiger charge is 2.12. The zero-order valence-corrected chi connectivity index (χ0v) is 11.6. The second kappa shape index (κ2) is 5.61. The first-order chi connectivity index (χ1) is 9.74. The Morgan fingerprint density at radius 1 is 0.950 bits per heavy atom. The third-order valence-electron chi connectivity index (χ3n) is 3.32. The van der Waals surface area contributed by atoms with Gasteiger partial charge in [0, 0.05) is 22.5 Å². The quantitative estimate of drug-likeness (QED) is 0.783. The number of hydrogen-bond acceptors (Lipinski definition) is 2. The summed E-state index contributed by atoms with van der Waals surface area (Å²) in [5.41, 5.74) is 2.54. The van der Waals surface area contributed by atoms with Gasteiger partial charge in [-0.05, 0) is 23.8 Å². The van der Waals surface area contributed by atoms with Crippen molar-refractivity contribution in [2.45, 2.75) is 12.5 Å². The maximum Gasteiger partial charge on any atom is 0.0859 e. The van der Waals surface area contributed by atoms with Crippen LogP contribution in [0.4, 0.5) is 0 Å². The molecule has 3 rings (SSSR count). The largest absolute Gasteiger partial charge is 0.388 e. The molecule has 0 saturated heterocycles. The van der Waals surface area contributed by atoms with Crippen molar-refractivity contribution in [1.82, 2.24) is 4.98 Å². The molecule has 2 nitrogen and oxygen atoms in total. The van der Waals surface area contributed by atoms with E-state index < -0.39 is 6.10 Å². The highest BCUT2D eigenvalue weighted by atomic mass is 35.5. The predicted octanol–water partition coefficient (Wildman–Crippen LogP) is 4.16. The van der Waals surface area contributed by atoms with Crippen LogP contribution in [0.15, 0.2) is 60.7 Å². The van der Waals surface area contributed by atoms with E-state index in [1.165, 1.54) is 0 Å². The Kier molecular flexibility index (Phi) is 3.68. The number of aliphatic hydroxyl groups is 1. The first-order valence-corrected chi connectivity index (χ1v) is 6.89. The zero-order valence-electron chi connectivity index (χ0n) is 10.8. The van der Waals surface area contributed by atoms with Crippen LogP contribution >= 0.6 is 11.6 Å². The number of rotatable bonds is 3. The summed E-state index contributed by atoms with van der Waals surface area (Å²) in [7, 11) is 0. The highest BCUT2D eigenvalue weighted by Crippen LogP contribution is 2.25. The number of aliphatic hydroxyl groups excluding tert-OH is 1. The molecule has 1 atom stereocenters. The lowest BCUT2D eigenvalue weighted by atomic mass is 10.0. The van der Waals surface area contributed by atoms with Crippen LogP contribution in [0.1, 0.15) is 17.4 Å². The Labute approximate surface area is 122 Å². The molecule has 3 aromatic rings. The van der Waals surface area contributed by atoms with Gasteiger partial charge >= 0.3 is 0 Å². The Balaban J connectivity index is 1.87. The van der Waals surface area contributed by atoms with Gasteiger partial charge in [-0.15, -0.1) is 0 Å². The van der Waals surface area contributed by atoms with Crippen LogP contribution in [-0.2, 0) is 6.42 Å². The van der Waals surface area contributed by atoms with Gasteiger partial charge in [0.05, 0.1) is 11.6 Å². The van der Waals surface area contributed by atoms with Gasteiger partial charge in [-0.2, -0.15) is 0 Å². The van der Waals surface area contributed by atoms with E-state index >= 15 is 0 Å². The Hall–Kier alpha value is -1.90. The van der Waals surface area contributed by atoms with Crippen LogP contribution in [0.5, 0.6) is 0 Å². The fourth-order valence-electron chi connectivity index (χ4n) is 2.28. The topological polar surface area (TPSA) is 33.1 Å². The van der Waals surface area contributed by atoms with Crippen LogP contribution in [0.3, 0.4) is 0 Å². The van der Waals surface area contributed by atoms with E-state index in [4.69, 9.17) is 11.6 Å². The molecule has 2 aromatic carbocycles. The van der Waals surface area contributed by atoms with Gasteiger partial charge in [-0.25, -0.2) is 0 Å². The molecule has 0 radical (unpaired) electrons. The van der Waals surface area contributed by atoms with Crippen molar-refractivity contribution in [1.29, 1.82) is 0 Å². The number of halogens is 1. The summed E-state index contributed by atoms with van der Waals surface area (Å²) in [6, 6.07) is 19.3. The predicted molar refractivity (Wildman–Crippen MR) is 81.9 cm³/mol. The summed E-state index contributed by atoms with van der Waals surface area (Å²) in [5.74, 6) is 0. The minimum Gasteiger partial charge on any atom is -0.388 e. The van der Waals surface area contributed by atoms with Crippen molar-refractivity contribution in [3.05, 3.63) is 76.9 Å². The highest BCUT2D eigenvalue weighted by molar-refractivity contribution is 6.31. The molecule has 1 heterocycles. The number of aromatic nitrogens is 1. The minimum absolute atomic E-state index is 0.453. The van der Waals surface area contributed by atoms with Crippen LogP contribution in [0.25, 0.3) is 10.9 Å². The van der Waals surface area contributed by atoms with Gasteiger partial charge in [0.25, 0.3) is 0 Å². The maximum atomic E-state index is 10.3. The third kappa shape index (κ3) is 2.67. The van der Waals surface area contributed by atoms with Crippen LogP contribution < -0.4 is 0 Å². The molecule has 0 fully saturated rings. The molecule has 0 saturated carbocycles. The van der Waals surface area contributed by atoms with Gasteiger partial charge in [0.15, 0.2) is 0 Å². The molecular weight excluding hydrogens is 270 g/mol. The van der Waals surface area contributed by atoms with Crippen LogP contribution in [-0.4, -0.2) is 10.1 Å². The summed E-state index contributed by atoms with van der Waals surface area (Å²) in [4.78, 5) is 4.57. The number of pyridine rings is 1. The Bertz CT molecular complexity index is 742. The molecule has 0 aliphatic heterocycles. The number of hydrogen-bond donors (Lipinski definition) is 1. The summed E-state index contributed by atoms with van der Waals surface area (Å²) in [6.07, 6.45) is -0.188. The van der Waals surface area contributed by atoms with Crippen LogP contribution in [0.2, 0.25) is 5.02 Å². The number of para-hydroxylation sites is 1. The van der Waals surface area contributed by atoms with Crippen molar-refractivity contribution in [3.8, 4) is 0 Å². The van der Waals surface area contributed by atoms with Gasteiger partial charge < -0.3 is 5.11 Å². The van der Waals surface area contributed by atoms with Gasteiger partial charge in [-0.3, -0.25) is 4.98 Å². The fraction of sp³-hybridized carbons (Fsp3) is 0.118. The van der Waals surface area contributed by atoms with Gasteiger partial charge in [-0.1, -0.05) is 54.1 Å². The van der Waals surface area contributed by atoms with E-state index in [0.717, 1.165) is 22.2 Å². The Morgan fingerprint density at radius 3 is 2.55 bits per heavy atom. The molecule has 1 unspecified atom stereocenters. The summed E-state index contributed by atoms with van der Waals surface area (Å²) in [6.45, 7) is 0. The van der Waals surface area contributed by atoms with Crippen molar-refractivity contribution in [2.24, 2.45) is 0 Å². The molecule has 0 spiro atoms. The molecule has 1 aromatic heterocycles. The van der Waals surface area contributed by atoms with Crippen molar-refractivity contribution in [3.63, 3.8) is 0 Å². The second-order valence-electron chi connectivity index (χ2n) is 4.74. The summed E-state index contributed by atoms with van der Waals surface area (Å²) in [5, 5.41) is 12.0. The van der Waals surface area contributed by atoms with E-state index in [0.29, 0.717) is 11.4 Å². The fourth-order valence-corrected chi connectivity index (χ4v) is 2.54. The zero-order chi connectivity index (χ0) is 13.9. The standard InChI is InChI=1S/C17H14ClNO/c18-15-7-3-2-6-14(15)17(20)11-13-10-9-12-5-1-4-8-16(12)19-13/h1-10,17,20H,11H2. The number of benzene rings is 2. The normalized spacial score (nSPS) is 12.5. The third-order valence-corrected chi connectivity index (χ3v) is 3.67. The molecule has 0 aliphatic carbocycles. The maximum absolute atomic E-state index is 10.3. The van der Waals surface area contributed by atoms with E-state index in [9.17, 15) is 5.11 Å². The average molecular weight is 284 g/mol. The molecule has 3 heteroatoms. The summed E-state index contributed by atoms with van der Waals surface area (Å²) < 4.78 is 0. The van der Waals surface area contributed by atoms with Crippen molar-refractivity contribution >= 4 is 22.5 Å². The lowest BCUT2D eigenvalue weighted by molar-refractivity contribution is 0.177. The SMILES string of the molecule is OC(Cc1ccc2ccccc2n1)c1ccccc1Cl. The van der Waals surface area contributed by atoms with E-state index in [1.54, 1.807) is 6.07 Å². The first kappa shape index (κ1) is 13.1. The molecule has 0 amide bonds. The smallest absolute Gasteiger partial charge is 0.0859 e. The van der Waals surface area contributed by atoms with Crippen molar-refractivity contribution < 1.29 is 5.11 Å². The second-order valence-corrected chi connectivity index (χ2v) is 5.14. The van der Waals surface area contributed by atoms with E-state index in [-0.39, 0.29) is 0 Å². The van der Waals surface area contributed by atoms with E-state index in [2.05, 4.69) is 4.98 Å². The molecule has 100 valence electrons. The lowest BCUT2D eigenvalue weighted by Gasteiger charge is -2.12. The molecular formula is C17H14ClNO. The molecule has 20 heavy (non-hydrogen) atoms. The van der Waals surface area contributed by atoms with Gasteiger partial charge in [0.1, 0.15) is 0 Å². The Morgan fingerprint density at radius 2 is 1.70 bits per heavy atom. The lowest BCUT2D eigenvalue weighted by Crippen LogP contribution is -2.04. The molecule has 1 N–H and O–H groups in total. The van der Waals surface area contributed by atoms with Crippen molar-refractivity contribution in [2.75, 3.05) is 0 Å². The molecule has 0 bridgehead atoms. The average Bonchev–Trinajstić information content (AvgIpc) is 2.47. The van der Waals surface area contributed by atoms with E-state index in [1.807, 2.05) is 54.6 Å². The molecule has 0 aliphatic rings. The number of fused-ring (bicyclic) bond motifs is 1.